The molecule has 0 aliphatic carbocycles. The molecule has 11 heteroatoms. The van der Waals surface area contributed by atoms with Crippen LogP contribution in [0.5, 0.6) is 11.5 Å². The molecule has 26 heavy (non-hydrogen) atoms. The molecule has 0 radical (unpaired) electrons. The van der Waals surface area contributed by atoms with Gasteiger partial charge in [0, 0.05) is 11.6 Å². The van der Waals surface area contributed by atoms with Crippen LogP contribution in [0.15, 0.2) is 30.9 Å². The van der Waals surface area contributed by atoms with Gasteiger partial charge in [-0.25, -0.2) is 15.0 Å². The largest absolute Gasteiger partial charge is 0.489 e. The first-order chi connectivity index (χ1) is 12.1. The Morgan fingerprint density at radius 1 is 0.846 bits per heavy atom. The summed E-state index contributed by atoms with van der Waals surface area (Å²) in [6.45, 7) is -0.306. The Kier molecular flexibility index (Phi) is 7.89. The molecule has 0 atom stereocenters. The third-order valence-corrected chi connectivity index (χ3v) is 3.36. The first-order valence-electron chi connectivity index (χ1n) is 6.96. The van der Waals surface area contributed by atoms with E-state index in [1.165, 1.54) is 12.7 Å². The van der Waals surface area contributed by atoms with E-state index < -0.39 is 7.59 Å². The fraction of sp³-hybridized carbons (Fsp3) is 0.267. The molecule has 0 amide bonds. The van der Waals surface area contributed by atoms with Gasteiger partial charge in [-0.1, -0.05) is 69.6 Å². The lowest BCUT2D eigenvalue weighted by molar-refractivity contribution is 0.309. The molecule has 2 rings (SSSR count). The van der Waals surface area contributed by atoms with Crippen molar-refractivity contribution in [3.05, 3.63) is 42.2 Å². The second-order valence-electron chi connectivity index (χ2n) is 4.84. The van der Waals surface area contributed by atoms with Crippen molar-refractivity contribution in [3.8, 4) is 11.5 Å². The Labute approximate surface area is 180 Å². The minimum absolute atomic E-state index is 0.137. The van der Waals surface area contributed by atoms with Crippen molar-refractivity contribution in [1.82, 2.24) is 15.0 Å². The van der Waals surface area contributed by atoms with Gasteiger partial charge < -0.3 is 9.47 Å². The minimum Gasteiger partial charge on any atom is -0.489 e. The van der Waals surface area contributed by atoms with Crippen LogP contribution in [0.3, 0.4) is 0 Å². The molecule has 1 heterocycles. The molecule has 0 fully saturated rings. The summed E-state index contributed by atoms with van der Waals surface area (Å²) in [5.41, 5.74) is 0.681. The van der Waals surface area contributed by atoms with Crippen molar-refractivity contribution in [2.75, 3.05) is 13.2 Å². The van der Waals surface area contributed by atoms with E-state index in [0.29, 0.717) is 22.9 Å². The van der Waals surface area contributed by atoms with Crippen molar-refractivity contribution in [3.63, 3.8) is 0 Å². The number of halogens is 6. The van der Waals surface area contributed by atoms with E-state index in [-0.39, 0.29) is 13.2 Å². The monoisotopic (exact) mass is 475 g/mol. The highest BCUT2D eigenvalue weighted by molar-refractivity contribution is 6.68. The lowest BCUT2D eigenvalue weighted by atomic mass is 10.1. The van der Waals surface area contributed by atoms with Crippen molar-refractivity contribution in [2.24, 2.45) is 0 Å². The molecule has 1 aromatic carbocycles. The van der Waals surface area contributed by atoms with E-state index in [0.717, 1.165) is 0 Å². The molecule has 5 nitrogen and oxygen atoms in total. The Hall–Kier alpha value is -0.690. The zero-order valence-corrected chi connectivity index (χ0v) is 17.4. The van der Waals surface area contributed by atoms with Gasteiger partial charge in [-0.3, -0.25) is 0 Å². The van der Waals surface area contributed by atoms with Crippen LogP contribution < -0.4 is 9.47 Å². The lowest BCUT2D eigenvalue weighted by Gasteiger charge is -2.17. The van der Waals surface area contributed by atoms with Crippen molar-refractivity contribution >= 4 is 81.8 Å². The van der Waals surface area contributed by atoms with Gasteiger partial charge in [0.05, 0.1) is 0 Å². The van der Waals surface area contributed by atoms with E-state index >= 15 is 0 Å². The molecule has 0 spiro atoms. The molecule has 2 aromatic rings. The normalized spacial score (nSPS) is 12.4. The summed E-state index contributed by atoms with van der Waals surface area (Å²) < 4.78 is 7.89. The molecular formula is C15H11Cl6N3O2. The van der Waals surface area contributed by atoms with Crippen LogP contribution in [-0.4, -0.2) is 35.8 Å². The van der Waals surface area contributed by atoms with Gasteiger partial charge >= 0.3 is 0 Å². The van der Waals surface area contributed by atoms with Gasteiger partial charge in [0.1, 0.15) is 37.4 Å². The second kappa shape index (κ2) is 9.49. The summed E-state index contributed by atoms with van der Waals surface area (Å²) in [6, 6.07) is 5.02. The zero-order chi connectivity index (χ0) is 19.2. The van der Waals surface area contributed by atoms with Crippen molar-refractivity contribution in [2.45, 2.75) is 7.59 Å². The van der Waals surface area contributed by atoms with Crippen LogP contribution in [0.2, 0.25) is 0 Å². The number of benzene rings is 1. The van der Waals surface area contributed by atoms with Crippen molar-refractivity contribution in [1.29, 1.82) is 0 Å². The third kappa shape index (κ3) is 8.33. The Bertz CT molecular complexity index is 747. The number of ether oxygens (including phenoxy) is 2. The van der Waals surface area contributed by atoms with Gasteiger partial charge in [0.25, 0.3) is 0 Å². The average molecular weight is 478 g/mol. The maximum atomic E-state index is 5.75. The summed E-state index contributed by atoms with van der Waals surface area (Å²) in [5, 5.41) is 0. The Balaban J connectivity index is 2.23. The van der Waals surface area contributed by atoms with E-state index in [1.807, 2.05) is 0 Å². The molecule has 140 valence electrons. The van der Waals surface area contributed by atoms with Crippen LogP contribution >= 0.6 is 69.6 Å². The van der Waals surface area contributed by atoms with Gasteiger partial charge in [-0.05, 0) is 24.3 Å². The first kappa shape index (κ1) is 21.6. The quantitative estimate of drug-likeness (QED) is 0.511. The number of alkyl halides is 6. The first-order valence-corrected chi connectivity index (χ1v) is 9.22. The molecule has 0 aliphatic heterocycles. The topological polar surface area (TPSA) is 57.1 Å². The lowest BCUT2D eigenvalue weighted by Crippen LogP contribution is -2.17. The maximum absolute atomic E-state index is 5.75. The van der Waals surface area contributed by atoms with Gasteiger partial charge in [0.15, 0.2) is 5.82 Å². The highest BCUT2D eigenvalue weighted by Gasteiger charge is 2.22. The predicted octanol–water partition coefficient (Wildman–Crippen LogP) is 5.54. The van der Waals surface area contributed by atoms with E-state index in [9.17, 15) is 0 Å². The molecule has 0 saturated carbocycles. The molecule has 0 saturated heterocycles. The van der Waals surface area contributed by atoms with E-state index in [2.05, 4.69) is 15.0 Å². The number of hydrogen-bond donors (Lipinski definition) is 0. The summed E-state index contributed by atoms with van der Waals surface area (Å²) in [7, 11) is 0. The van der Waals surface area contributed by atoms with E-state index in [1.54, 1.807) is 30.4 Å². The molecule has 0 aliphatic rings. The van der Waals surface area contributed by atoms with Crippen LogP contribution in [0, 0.1) is 0 Å². The maximum Gasteiger partial charge on any atom is 0.223 e. The summed E-state index contributed by atoms with van der Waals surface area (Å²) in [6.07, 6.45) is 6.20. The number of hydrogen-bond acceptors (Lipinski definition) is 5. The Morgan fingerprint density at radius 3 is 2.08 bits per heavy atom. The van der Waals surface area contributed by atoms with Crippen LogP contribution in [-0.2, 0) is 0 Å². The number of rotatable bonds is 6. The van der Waals surface area contributed by atoms with Gasteiger partial charge in [0.2, 0.25) is 7.59 Å². The average Bonchev–Trinajstić information content (AvgIpc) is 2.56. The standard InChI is InChI=1S/C15H11Cl6N3O2/c16-14(17,18)6-25-11-3-1-10(2-4-13-23-8-22-9-24-13)12(5-11)26-7-15(19,20)21/h1-5,8-9H,6-7H2/b4-2+. The summed E-state index contributed by atoms with van der Waals surface area (Å²) in [5.74, 6) is 1.31. The fourth-order valence-electron chi connectivity index (χ4n) is 1.69. The third-order valence-electron chi connectivity index (χ3n) is 2.70. The van der Waals surface area contributed by atoms with E-state index in [4.69, 9.17) is 79.1 Å². The van der Waals surface area contributed by atoms with Gasteiger partial charge in [-0.15, -0.1) is 0 Å². The summed E-state index contributed by atoms with van der Waals surface area (Å²) >= 11 is 34.3. The smallest absolute Gasteiger partial charge is 0.223 e. The fourth-order valence-corrected chi connectivity index (χ4v) is 2.02. The highest BCUT2D eigenvalue weighted by Crippen LogP contribution is 2.32. The van der Waals surface area contributed by atoms with Crippen LogP contribution in [0.25, 0.3) is 12.2 Å². The van der Waals surface area contributed by atoms with Crippen LogP contribution in [0.4, 0.5) is 0 Å². The molecule has 1 aromatic heterocycles. The molecule has 0 N–H and O–H groups in total. The number of aromatic nitrogens is 3. The summed E-state index contributed by atoms with van der Waals surface area (Å²) in [4.78, 5) is 11.8. The molecule has 0 unspecified atom stereocenters. The highest BCUT2D eigenvalue weighted by atomic mass is 35.6. The molecule has 0 bridgehead atoms. The number of nitrogens with zero attached hydrogens (tertiary/aromatic N) is 3. The van der Waals surface area contributed by atoms with Crippen molar-refractivity contribution < 1.29 is 9.47 Å². The molecular weight excluding hydrogens is 467 g/mol. The Morgan fingerprint density at radius 2 is 1.46 bits per heavy atom. The van der Waals surface area contributed by atoms with Crippen LogP contribution in [0.1, 0.15) is 11.4 Å². The predicted molar refractivity (Wildman–Crippen MR) is 107 cm³/mol. The van der Waals surface area contributed by atoms with Gasteiger partial charge in [-0.2, -0.15) is 0 Å². The second-order valence-corrected chi connectivity index (χ2v) is 9.87. The minimum atomic E-state index is -1.58. The SMILES string of the molecule is ClC(Cl)(Cl)COc1ccc(/C=C/c2ncncn2)c(OCC(Cl)(Cl)Cl)c1. The zero-order valence-electron chi connectivity index (χ0n) is 12.9.